The molecule has 0 fully saturated rings. The molecule has 0 radical (unpaired) electrons. The summed E-state index contributed by atoms with van der Waals surface area (Å²) in [5, 5.41) is 18.9. The Bertz CT molecular complexity index is 1300. The van der Waals surface area contributed by atoms with Gasteiger partial charge in [0.05, 0.1) is 27.8 Å². The fraction of sp³-hybridized carbons (Fsp3) is 0.143. The number of nitrogens with zero attached hydrogens (tertiary/aromatic N) is 3. The number of non-ortho nitro benzene ring substituents is 1. The summed E-state index contributed by atoms with van der Waals surface area (Å²) in [4.78, 5) is 24.4. The van der Waals surface area contributed by atoms with Crippen LogP contribution >= 0.6 is 11.3 Å². The van der Waals surface area contributed by atoms with Gasteiger partial charge in [-0.2, -0.15) is 5.10 Å². The number of hydrazone groups is 1. The Hall–Kier alpha value is -3.57. The van der Waals surface area contributed by atoms with Crippen molar-refractivity contribution in [3.63, 3.8) is 0 Å². The van der Waals surface area contributed by atoms with Crippen molar-refractivity contribution in [2.45, 2.75) is 12.5 Å². The van der Waals surface area contributed by atoms with Gasteiger partial charge in [0, 0.05) is 24.2 Å². The molecule has 2 heterocycles. The van der Waals surface area contributed by atoms with Gasteiger partial charge in [-0.1, -0.05) is 30.3 Å². The molecule has 3 aromatic rings. The highest BCUT2D eigenvalue weighted by Crippen LogP contribution is 2.36. The van der Waals surface area contributed by atoms with Crippen LogP contribution in [0.4, 0.5) is 11.4 Å². The summed E-state index contributed by atoms with van der Waals surface area (Å²) < 4.78 is 25.2. The fourth-order valence-electron chi connectivity index (χ4n) is 3.44. The maximum Gasteiger partial charge on any atom is 0.284 e. The number of carbonyl (C=O) groups excluding carboxylic acids is 1. The first-order valence-electron chi connectivity index (χ1n) is 9.48. The van der Waals surface area contributed by atoms with Crippen LogP contribution < -0.4 is 4.72 Å². The van der Waals surface area contributed by atoms with E-state index in [1.165, 1.54) is 28.5 Å². The molecule has 1 atom stereocenters. The van der Waals surface area contributed by atoms with Crippen LogP contribution in [0.25, 0.3) is 0 Å². The molecule has 1 N–H and O–H groups in total. The molecule has 1 aromatic heterocycles. The second-order valence-corrected chi connectivity index (χ2v) is 9.89. The first kappa shape index (κ1) is 21.7. The van der Waals surface area contributed by atoms with Gasteiger partial charge in [-0.15, -0.1) is 11.3 Å². The van der Waals surface area contributed by atoms with Gasteiger partial charge in [-0.05, 0) is 34.7 Å². The molecule has 1 amide bonds. The zero-order chi connectivity index (χ0) is 22.9. The number of thiophene rings is 1. The largest absolute Gasteiger partial charge is 0.284 e. The van der Waals surface area contributed by atoms with Crippen LogP contribution in [-0.2, 0) is 10.0 Å². The molecular weight excluding hydrogens is 452 g/mol. The minimum Gasteiger partial charge on any atom is -0.284 e. The highest BCUT2D eigenvalue weighted by atomic mass is 32.2. The fourth-order valence-corrected chi connectivity index (χ4v) is 4.65. The van der Waals surface area contributed by atoms with Gasteiger partial charge in [0.25, 0.3) is 11.6 Å². The van der Waals surface area contributed by atoms with Gasteiger partial charge >= 0.3 is 0 Å². The SMILES string of the molecule is CS(=O)(=O)Nc1ccc(C2=NN(C(=O)c3cccs3)[C@H](c3cccc([N+](=O)[O-])c3)C2)cc1. The van der Waals surface area contributed by atoms with Gasteiger partial charge in [0.1, 0.15) is 0 Å². The molecule has 0 unspecified atom stereocenters. The smallest absolute Gasteiger partial charge is 0.284 e. The van der Waals surface area contributed by atoms with E-state index in [0.29, 0.717) is 28.3 Å². The summed E-state index contributed by atoms with van der Waals surface area (Å²) in [7, 11) is -3.40. The third-order valence-corrected chi connectivity index (χ3v) is 6.30. The molecule has 1 aliphatic rings. The lowest BCUT2D eigenvalue weighted by Crippen LogP contribution is -2.26. The number of rotatable bonds is 6. The number of sulfonamides is 1. The number of nitrogens with one attached hydrogen (secondary N) is 1. The van der Waals surface area contributed by atoms with Crippen molar-refractivity contribution in [1.29, 1.82) is 0 Å². The molecular formula is C21H18N4O5S2. The number of anilines is 1. The van der Waals surface area contributed by atoms with Gasteiger partial charge in [0.2, 0.25) is 10.0 Å². The molecule has 1 aliphatic heterocycles. The number of amides is 1. The molecule has 0 bridgehead atoms. The van der Waals surface area contributed by atoms with Gasteiger partial charge in [-0.25, -0.2) is 13.4 Å². The highest BCUT2D eigenvalue weighted by Gasteiger charge is 2.34. The quantitative estimate of drug-likeness (QED) is 0.431. The molecule has 0 saturated heterocycles. The number of carbonyl (C=O) groups is 1. The van der Waals surface area contributed by atoms with Crippen LogP contribution in [0.15, 0.2) is 71.1 Å². The van der Waals surface area contributed by atoms with Gasteiger partial charge in [0.15, 0.2) is 0 Å². The lowest BCUT2D eigenvalue weighted by molar-refractivity contribution is -0.384. The van der Waals surface area contributed by atoms with E-state index >= 15 is 0 Å². The third-order valence-electron chi connectivity index (χ3n) is 4.84. The van der Waals surface area contributed by atoms with Crippen LogP contribution in [-0.4, -0.2) is 36.2 Å². The van der Waals surface area contributed by atoms with E-state index in [4.69, 9.17) is 0 Å². The van der Waals surface area contributed by atoms with Gasteiger partial charge in [-0.3, -0.25) is 19.6 Å². The van der Waals surface area contributed by atoms with Crippen LogP contribution in [0.2, 0.25) is 0 Å². The average Bonchev–Trinajstić information content (AvgIpc) is 3.43. The van der Waals surface area contributed by atoms with Crippen molar-refractivity contribution < 1.29 is 18.1 Å². The van der Waals surface area contributed by atoms with Crippen LogP contribution in [0.1, 0.15) is 33.3 Å². The minimum absolute atomic E-state index is 0.0596. The third kappa shape index (κ3) is 4.68. The molecule has 4 rings (SSSR count). The van der Waals surface area contributed by atoms with Crippen LogP contribution in [0.3, 0.4) is 0 Å². The number of hydrogen-bond acceptors (Lipinski definition) is 7. The standard InChI is InChI=1S/C21H18N4O5S2/c1-32(29,30)23-16-9-7-14(8-10-16)18-13-19(15-4-2-5-17(12-15)25(27)28)24(22-18)21(26)20-6-3-11-31-20/h2-12,19,23H,13H2,1H3/t19-/m0/s1. The summed E-state index contributed by atoms with van der Waals surface area (Å²) in [5.74, 6) is -0.290. The molecule has 0 aliphatic carbocycles. The summed E-state index contributed by atoms with van der Waals surface area (Å²) in [6.45, 7) is 0. The van der Waals surface area contributed by atoms with Crippen molar-refractivity contribution in [1.82, 2.24) is 5.01 Å². The first-order valence-corrected chi connectivity index (χ1v) is 12.3. The average molecular weight is 471 g/mol. The van der Waals surface area contributed by atoms with Crippen molar-refractivity contribution in [2.75, 3.05) is 11.0 Å². The van der Waals surface area contributed by atoms with E-state index in [9.17, 15) is 23.3 Å². The van der Waals surface area contributed by atoms with E-state index in [0.717, 1.165) is 11.8 Å². The Morgan fingerprint density at radius 3 is 2.56 bits per heavy atom. The number of benzene rings is 2. The van der Waals surface area contributed by atoms with E-state index in [2.05, 4.69) is 9.82 Å². The maximum absolute atomic E-state index is 13.1. The second-order valence-electron chi connectivity index (χ2n) is 7.20. The van der Waals surface area contributed by atoms with Crippen molar-refractivity contribution in [3.8, 4) is 0 Å². The van der Waals surface area contributed by atoms with E-state index in [1.807, 2.05) is 0 Å². The van der Waals surface area contributed by atoms with Gasteiger partial charge < -0.3 is 0 Å². The Morgan fingerprint density at radius 1 is 1.19 bits per heavy atom. The van der Waals surface area contributed by atoms with Crippen molar-refractivity contribution in [3.05, 3.63) is 92.2 Å². The zero-order valence-corrected chi connectivity index (χ0v) is 18.5. The molecule has 2 aromatic carbocycles. The van der Waals surface area contributed by atoms with E-state index in [-0.39, 0.29) is 11.6 Å². The number of nitro benzene ring substituents is 1. The van der Waals surface area contributed by atoms with Crippen molar-refractivity contribution in [2.24, 2.45) is 5.10 Å². The Balaban J connectivity index is 1.68. The lowest BCUT2D eigenvalue weighted by Gasteiger charge is -2.21. The number of hydrogen-bond donors (Lipinski definition) is 1. The van der Waals surface area contributed by atoms with Crippen molar-refractivity contribution >= 4 is 44.4 Å². The monoisotopic (exact) mass is 470 g/mol. The topological polar surface area (TPSA) is 122 Å². The molecule has 164 valence electrons. The Kier molecular flexibility index (Phi) is 5.76. The Labute approximate surface area is 188 Å². The van der Waals surface area contributed by atoms with E-state index in [1.54, 1.807) is 53.9 Å². The first-order chi connectivity index (χ1) is 15.2. The molecule has 9 nitrogen and oxygen atoms in total. The highest BCUT2D eigenvalue weighted by molar-refractivity contribution is 7.92. The summed E-state index contributed by atoms with van der Waals surface area (Å²) in [6, 6.07) is 15.8. The van der Waals surface area contributed by atoms with Crippen LogP contribution in [0.5, 0.6) is 0 Å². The predicted molar refractivity (Wildman–Crippen MR) is 122 cm³/mol. The molecule has 0 spiro atoms. The number of nitro groups is 1. The summed E-state index contributed by atoms with van der Waals surface area (Å²) >= 11 is 1.29. The second kappa shape index (κ2) is 8.52. The molecule has 0 saturated carbocycles. The minimum atomic E-state index is -3.40. The summed E-state index contributed by atoms with van der Waals surface area (Å²) in [6.07, 6.45) is 1.43. The van der Waals surface area contributed by atoms with E-state index < -0.39 is 21.0 Å². The normalized spacial score (nSPS) is 16.0. The Morgan fingerprint density at radius 2 is 1.94 bits per heavy atom. The molecule has 11 heteroatoms. The zero-order valence-electron chi connectivity index (χ0n) is 16.8. The lowest BCUT2D eigenvalue weighted by atomic mass is 9.98. The van der Waals surface area contributed by atoms with Crippen LogP contribution in [0, 0.1) is 10.1 Å². The summed E-state index contributed by atoms with van der Waals surface area (Å²) in [5.41, 5.74) is 2.31. The maximum atomic E-state index is 13.1. The molecule has 32 heavy (non-hydrogen) atoms. The predicted octanol–water partition coefficient (Wildman–Crippen LogP) is 4.02.